The number of nitrogens with zero attached hydrogens (tertiary/aromatic N) is 2. The Morgan fingerprint density at radius 3 is 2.67 bits per heavy atom. The van der Waals surface area contributed by atoms with Crippen molar-refractivity contribution in [3.8, 4) is 17.2 Å². The molecule has 3 atom stereocenters. The smallest absolute Gasteiger partial charge is 0.416 e. The van der Waals surface area contributed by atoms with Gasteiger partial charge in [-0.05, 0) is 61.9 Å². The van der Waals surface area contributed by atoms with Crippen molar-refractivity contribution in [2.75, 3.05) is 7.11 Å². The van der Waals surface area contributed by atoms with Crippen LogP contribution in [-0.4, -0.2) is 23.2 Å². The summed E-state index contributed by atoms with van der Waals surface area (Å²) in [6.07, 6.45) is -2.77. The number of carbonyl (C=O) groups is 1. The molecule has 11 heteroatoms. The summed E-state index contributed by atoms with van der Waals surface area (Å²) in [5.41, 5.74) is -0.267. The van der Waals surface area contributed by atoms with Crippen LogP contribution in [0.3, 0.4) is 0 Å². The highest BCUT2D eigenvalue weighted by Crippen LogP contribution is 2.47. The highest BCUT2D eigenvalue weighted by molar-refractivity contribution is 7.07. The van der Waals surface area contributed by atoms with Gasteiger partial charge >= 0.3 is 6.18 Å². The summed E-state index contributed by atoms with van der Waals surface area (Å²) in [4.78, 5) is 31.9. The molecule has 0 radical (unpaired) electrons. The third kappa shape index (κ3) is 4.77. The highest BCUT2D eigenvalue weighted by atomic mass is 32.1. The molecule has 0 spiro atoms. The highest BCUT2D eigenvalue weighted by Gasteiger charge is 2.53. The Bertz CT molecular complexity index is 1900. The number of methoxy groups -OCH3 is 1. The molecule has 0 saturated carbocycles. The summed E-state index contributed by atoms with van der Waals surface area (Å²) in [6.45, 7) is 3.19. The van der Waals surface area contributed by atoms with E-state index < -0.39 is 29.4 Å². The molecule has 2 bridgehead atoms. The summed E-state index contributed by atoms with van der Waals surface area (Å²) >= 11 is 1.20. The molecule has 6 rings (SSSR count). The minimum absolute atomic E-state index is 0.0593. The molecular formula is C31H25F3N2O5S. The molecule has 3 heterocycles. The number of para-hydroxylation sites is 1. The number of thiazole rings is 1. The molecule has 0 amide bonds. The van der Waals surface area contributed by atoms with E-state index in [-0.39, 0.29) is 23.7 Å². The SMILES string of the molecule is COc1ccc(/C=c2/sc3n(c2=O)[C@H]2c4ccccc4O[C@@](C)(N=3)[C@@H]2C(C)=O)cc1COc1cccc(C(F)(F)F)c1. The number of ketones is 1. The van der Waals surface area contributed by atoms with Gasteiger partial charge in [-0.15, -0.1) is 0 Å². The molecule has 0 N–H and O–H groups in total. The molecule has 0 fully saturated rings. The minimum Gasteiger partial charge on any atom is -0.496 e. The Kier molecular flexibility index (Phi) is 6.72. The zero-order valence-electron chi connectivity index (χ0n) is 22.8. The Morgan fingerprint density at radius 2 is 1.93 bits per heavy atom. The van der Waals surface area contributed by atoms with Crippen molar-refractivity contribution in [3.05, 3.63) is 109 Å². The summed E-state index contributed by atoms with van der Waals surface area (Å²) in [5.74, 6) is 0.322. The zero-order chi connectivity index (χ0) is 29.8. The fourth-order valence-corrected chi connectivity index (χ4v) is 6.73. The topological polar surface area (TPSA) is 79.1 Å². The molecule has 0 saturated heterocycles. The molecule has 1 aromatic heterocycles. The van der Waals surface area contributed by atoms with Gasteiger partial charge in [0.15, 0.2) is 4.80 Å². The quantitative estimate of drug-likeness (QED) is 0.318. The van der Waals surface area contributed by atoms with E-state index >= 15 is 0 Å². The van der Waals surface area contributed by atoms with E-state index in [2.05, 4.69) is 0 Å². The normalized spacial score (nSPS) is 21.0. The van der Waals surface area contributed by atoms with Crippen LogP contribution in [0.5, 0.6) is 17.2 Å². The van der Waals surface area contributed by atoms with Gasteiger partial charge in [-0.25, -0.2) is 4.99 Å². The Morgan fingerprint density at radius 1 is 1.14 bits per heavy atom. The summed E-state index contributed by atoms with van der Waals surface area (Å²) in [6, 6.07) is 16.7. The number of aromatic nitrogens is 1. The van der Waals surface area contributed by atoms with Crippen LogP contribution in [0.2, 0.25) is 0 Å². The van der Waals surface area contributed by atoms with E-state index in [0.29, 0.717) is 32.0 Å². The van der Waals surface area contributed by atoms with Crippen molar-refractivity contribution < 1.29 is 32.2 Å². The van der Waals surface area contributed by atoms with Gasteiger partial charge in [0.1, 0.15) is 35.6 Å². The van der Waals surface area contributed by atoms with E-state index in [0.717, 1.165) is 17.7 Å². The zero-order valence-corrected chi connectivity index (χ0v) is 23.6. The molecule has 0 unspecified atom stereocenters. The maximum absolute atomic E-state index is 13.8. The van der Waals surface area contributed by atoms with E-state index in [4.69, 9.17) is 19.2 Å². The second-order valence-electron chi connectivity index (χ2n) is 10.3. The van der Waals surface area contributed by atoms with Gasteiger partial charge in [0, 0.05) is 11.1 Å². The first-order valence-corrected chi connectivity index (χ1v) is 13.9. The number of benzene rings is 3. The number of fused-ring (bicyclic) bond motifs is 6. The van der Waals surface area contributed by atoms with Crippen molar-refractivity contribution >= 4 is 23.2 Å². The lowest BCUT2D eigenvalue weighted by Crippen LogP contribution is -2.58. The molecule has 216 valence electrons. The second kappa shape index (κ2) is 10.2. The molecule has 3 aromatic carbocycles. The predicted octanol–water partition coefficient (Wildman–Crippen LogP) is 4.88. The fourth-order valence-electron chi connectivity index (χ4n) is 5.63. The largest absolute Gasteiger partial charge is 0.496 e. The van der Waals surface area contributed by atoms with Crippen LogP contribution in [0.25, 0.3) is 6.08 Å². The van der Waals surface area contributed by atoms with Crippen LogP contribution >= 0.6 is 11.3 Å². The van der Waals surface area contributed by atoms with Crippen molar-refractivity contribution in [3.63, 3.8) is 0 Å². The Balaban J connectivity index is 1.39. The van der Waals surface area contributed by atoms with Crippen LogP contribution in [0.1, 0.15) is 42.1 Å². The van der Waals surface area contributed by atoms with Gasteiger partial charge in [-0.2, -0.15) is 13.2 Å². The third-order valence-corrected chi connectivity index (χ3v) is 8.46. The number of ether oxygens (including phenoxy) is 3. The summed E-state index contributed by atoms with van der Waals surface area (Å²) in [7, 11) is 1.48. The number of alkyl halides is 3. The average molecular weight is 595 g/mol. The van der Waals surface area contributed by atoms with Crippen molar-refractivity contribution in [1.82, 2.24) is 4.57 Å². The molecule has 7 nitrogen and oxygen atoms in total. The van der Waals surface area contributed by atoms with Crippen molar-refractivity contribution in [1.29, 1.82) is 0 Å². The lowest BCUT2D eigenvalue weighted by molar-refractivity contribution is -0.137. The second-order valence-corrected chi connectivity index (χ2v) is 11.3. The maximum atomic E-state index is 13.8. The molecule has 42 heavy (non-hydrogen) atoms. The maximum Gasteiger partial charge on any atom is 0.416 e. The minimum atomic E-state index is -4.49. The summed E-state index contributed by atoms with van der Waals surface area (Å²) < 4.78 is 58.7. The first-order valence-electron chi connectivity index (χ1n) is 13.1. The number of Topliss-reactive ketones (excluding diaryl/α,β-unsaturated/α-hetero) is 1. The standard InChI is InChI=1S/C31H25F3N2O5S/c1-17(37)26-27-22-9-4-5-10-24(22)41-30(26,2)35-29-36(27)28(38)25(42-29)14-18-11-12-23(39-3)19(13-18)16-40-21-8-6-7-20(15-21)31(32,33)34/h4-15,26-27H,16H2,1-3H3/b25-14+/t26-,27+,30-/m1/s1. The van der Waals surface area contributed by atoms with Crippen LogP contribution in [0.4, 0.5) is 13.2 Å². The number of hydrogen-bond donors (Lipinski definition) is 0. The molecule has 2 aliphatic rings. The van der Waals surface area contributed by atoms with Gasteiger partial charge < -0.3 is 14.2 Å². The lowest BCUT2D eigenvalue weighted by Gasteiger charge is -2.45. The van der Waals surface area contributed by atoms with E-state index in [1.54, 1.807) is 35.8 Å². The van der Waals surface area contributed by atoms with Crippen LogP contribution < -0.4 is 29.1 Å². The number of halogens is 3. The van der Waals surface area contributed by atoms with Gasteiger partial charge in [-0.1, -0.05) is 41.7 Å². The third-order valence-electron chi connectivity index (χ3n) is 7.48. The Labute approximate surface area is 242 Å². The fraction of sp³-hybridized carbons (Fsp3) is 0.258. The van der Waals surface area contributed by atoms with Gasteiger partial charge in [-0.3, -0.25) is 14.2 Å². The van der Waals surface area contributed by atoms with Gasteiger partial charge in [0.05, 0.1) is 23.2 Å². The van der Waals surface area contributed by atoms with E-state index in [9.17, 15) is 22.8 Å². The number of carbonyl (C=O) groups excluding carboxylic acids is 1. The molecule has 2 aliphatic heterocycles. The van der Waals surface area contributed by atoms with Crippen LogP contribution in [-0.2, 0) is 17.6 Å². The van der Waals surface area contributed by atoms with Crippen molar-refractivity contribution in [2.24, 2.45) is 10.9 Å². The average Bonchev–Trinajstić information content (AvgIpc) is 3.24. The Hall–Kier alpha value is -4.38. The first kappa shape index (κ1) is 27.8. The lowest BCUT2D eigenvalue weighted by atomic mass is 9.79. The van der Waals surface area contributed by atoms with E-state index in [1.807, 2.05) is 24.3 Å². The number of rotatable bonds is 6. The predicted molar refractivity (Wildman–Crippen MR) is 149 cm³/mol. The molecule has 4 aromatic rings. The molecular weight excluding hydrogens is 569 g/mol. The monoisotopic (exact) mass is 594 g/mol. The van der Waals surface area contributed by atoms with Gasteiger partial charge in [0.2, 0.25) is 5.72 Å². The summed E-state index contributed by atoms with van der Waals surface area (Å²) in [5, 5.41) is 0. The van der Waals surface area contributed by atoms with Crippen LogP contribution in [0.15, 0.2) is 76.5 Å². The van der Waals surface area contributed by atoms with Gasteiger partial charge in [0.25, 0.3) is 5.56 Å². The number of hydrogen-bond acceptors (Lipinski definition) is 7. The van der Waals surface area contributed by atoms with Crippen LogP contribution in [0, 0.1) is 5.92 Å². The first-order chi connectivity index (χ1) is 20.0. The molecule has 0 aliphatic carbocycles. The van der Waals surface area contributed by atoms with Crippen molar-refractivity contribution in [2.45, 2.75) is 38.4 Å². The van der Waals surface area contributed by atoms with E-state index in [1.165, 1.54) is 37.5 Å².